The van der Waals surface area contributed by atoms with Crippen molar-refractivity contribution in [3.63, 3.8) is 0 Å². The number of phenolic OH excluding ortho intramolecular Hbond substituents is 2. The van der Waals surface area contributed by atoms with Crippen molar-refractivity contribution in [1.29, 1.82) is 0 Å². The summed E-state index contributed by atoms with van der Waals surface area (Å²) in [6.45, 7) is 2.64. The Morgan fingerprint density at radius 1 is 1.28 bits per heavy atom. The molecule has 0 radical (unpaired) electrons. The first-order valence-electron chi connectivity index (χ1n) is 9.17. The lowest BCUT2D eigenvalue weighted by molar-refractivity contribution is 0.00499. The average Bonchev–Trinajstić information content (AvgIpc) is 2.70. The Labute approximate surface area is 178 Å². The highest BCUT2D eigenvalue weighted by molar-refractivity contribution is 6.35. The molecule has 0 saturated carbocycles. The molecular weight excluding hydrogens is 419 g/mol. The second-order valence-electron chi connectivity index (χ2n) is 6.60. The van der Waals surface area contributed by atoms with Gasteiger partial charge in [0.05, 0.1) is 24.3 Å². The fourth-order valence-corrected chi connectivity index (χ4v) is 3.47. The monoisotopic (exact) mass is 440 g/mol. The second kappa shape index (κ2) is 10.0. The SMILES string of the molecule is O=C(OCCC1CNCCO1)c1ccc(NCc2cc(Cl)cc(Cl)c2O)cc1O. The number of hydrogen-bond acceptors (Lipinski definition) is 7. The molecule has 0 amide bonds. The molecule has 4 N–H and O–H groups in total. The molecule has 0 spiro atoms. The Bertz CT molecular complexity index is 872. The number of carbonyl (C=O) groups is 1. The predicted molar refractivity (Wildman–Crippen MR) is 111 cm³/mol. The van der Waals surface area contributed by atoms with Crippen LogP contribution in [0.3, 0.4) is 0 Å². The molecule has 0 bridgehead atoms. The van der Waals surface area contributed by atoms with E-state index in [1.165, 1.54) is 18.2 Å². The molecule has 156 valence electrons. The molecule has 3 rings (SSSR count). The van der Waals surface area contributed by atoms with E-state index in [0.29, 0.717) is 29.3 Å². The van der Waals surface area contributed by atoms with Crippen LogP contribution in [0.2, 0.25) is 10.0 Å². The molecule has 29 heavy (non-hydrogen) atoms. The highest BCUT2D eigenvalue weighted by Gasteiger charge is 2.17. The third kappa shape index (κ3) is 5.90. The highest BCUT2D eigenvalue weighted by atomic mass is 35.5. The number of benzene rings is 2. The number of morpholine rings is 1. The van der Waals surface area contributed by atoms with Crippen LogP contribution in [0.5, 0.6) is 11.5 Å². The van der Waals surface area contributed by atoms with Gasteiger partial charge in [-0.05, 0) is 24.3 Å². The lowest BCUT2D eigenvalue weighted by atomic mass is 10.1. The number of rotatable bonds is 7. The first-order chi connectivity index (χ1) is 13.9. The van der Waals surface area contributed by atoms with Crippen LogP contribution in [0.1, 0.15) is 22.3 Å². The Morgan fingerprint density at radius 3 is 2.83 bits per heavy atom. The summed E-state index contributed by atoms with van der Waals surface area (Å²) in [5.74, 6) is -0.869. The maximum absolute atomic E-state index is 12.2. The number of anilines is 1. The van der Waals surface area contributed by atoms with E-state index in [9.17, 15) is 15.0 Å². The summed E-state index contributed by atoms with van der Waals surface area (Å²) in [6, 6.07) is 7.56. The number of aromatic hydroxyl groups is 2. The molecule has 0 aromatic heterocycles. The molecule has 2 aromatic carbocycles. The molecule has 2 aromatic rings. The van der Waals surface area contributed by atoms with Crippen molar-refractivity contribution in [2.24, 2.45) is 0 Å². The van der Waals surface area contributed by atoms with Crippen LogP contribution >= 0.6 is 23.2 Å². The summed E-state index contributed by atoms with van der Waals surface area (Å²) in [5.41, 5.74) is 1.13. The molecule has 1 aliphatic rings. The van der Waals surface area contributed by atoms with Crippen molar-refractivity contribution < 1.29 is 24.5 Å². The molecule has 1 saturated heterocycles. The van der Waals surface area contributed by atoms with Crippen LogP contribution in [0, 0.1) is 0 Å². The van der Waals surface area contributed by atoms with Gasteiger partial charge in [-0.25, -0.2) is 4.79 Å². The van der Waals surface area contributed by atoms with Gasteiger partial charge in [0.1, 0.15) is 17.1 Å². The Morgan fingerprint density at radius 2 is 2.10 bits per heavy atom. The van der Waals surface area contributed by atoms with Crippen LogP contribution in [-0.2, 0) is 16.0 Å². The Hall–Kier alpha value is -2.19. The molecule has 1 heterocycles. The number of carbonyl (C=O) groups excluding carboxylic acids is 1. The summed E-state index contributed by atoms with van der Waals surface area (Å²) < 4.78 is 10.8. The molecule has 1 atom stereocenters. The van der Waals surface area contributed by atoms with Gasteiger partial charge in [0.15, 0.2) is 0 Å². The standard InChI is InChI=1S/C20H22Cl2N2O5/c21-13-7-12(19(26)17(22)8-13)10-24-14-1-2-16(18(25)9-14)20(27)29-5-3-15-11-23-4-6-28-15/h1-2,7-9,15,23-26H,3-6,10-11H2. The molecule has 7 nitrogen and oxygen atoms in total. The fraction of sp³-hybridized carbons (Fsp3) is 0.350. The van der Waals surface area contributed by atoms with Crippen molar-refractivity contribution in [2.75, 3.05) is 31.6 Å². The van der Waals surface area contributed by atoms with Gasteiger partial charge in [0, 0.05) is 48.4 Å². The third-order valence-electron chi connectivity index (χ3n) is 4.49. The maximum Gasteiger partial charge on any atom is 0.341 e. The predicted octanol–water partition coefficient (Wildman–Crippen LogP) is 3.55. The number of nitrogens with one attached hydrogen (secondary N) is 2. The van der Waals surface area contributed by atoms with Crippen molar-refractivity contribution in [1.82, 2.24) is 5.32 Å². The first kappa shape index (κ1) is 21.5. The summed E-state index contributed by atoms with van der Waals surface area (Å²) >= 11 is 11.9. The van der Waals surface area contributed by atoms with Gasteiger partial charge in [-0.3, -0.25) is 0 Å². The van der Waals surface area contributed by atoms with Gasteiger partial charge in [0.2, 0.25) is 0 Å². The second-order valence-corrected chi connectivity index (χ2v) is 7.45. The summed E-state index contributed by atoms with van der Waals surface area (Å²) in [6.07, 6.45) is 0.610. The van der Waals surface area contributed by atoms with Crippen LogP contribution < -0.4 is 10.6 Å². The van der Waals surface area contributed by atoms with Gasteiger partial charge < -0.3 is 30.3 Å². The molecule has 0 aliphatic carbocycles. The number of halogens is 2. The van der Waals surface area contributed by atoms with Gasteiger partial charge in [-0.15, -0.1) is 0 Å². The molecule has 1 unspecified atom stereocenters. The summed E-state index contributed by atoms with van der Waals surface area (Å²) in [4.78, 5) is 12.2. The quantitative estimate of drug-likeness (QED) is 0.488. The van der Waals surface area contributed by atoms with Gasteiger partial charge in [-0.1, -0.05) is 23.2 Å². The molecule has 9 heteroatoms. The smallest absolute Gasteiger partial charge is 0.341 e. The molecule has 1 aliphatic heterocycles. The van der Waals surface area contributed by atoms with E-state index in [0.717, 1.165) is 13.1 Å². The number of hydrogen-bond donors (Lipinski definition) is 4. The average molecular weight is 441 g/mol. The highest BCUT2D eigenvalue weighted by Crippen LogP contribution is 2.32. The zero-order chi connectivity index (χ0) is 20.8. The van der Waals surface area contributed by atoms with Crippen molar-refractivity contribution in [2.45, 2.75) is 19.1 Å². The van der Waals surface area contributed by atoms with E-state index in [1.807, 2.05) is 0 Å². The Kier molecular flexibility index (Phi) is 7.44. The largest absolute Gasteiger partial charge is 0.507 e. The summed E-state index contributed by atoms with van der Waals surface area (Å²) in [7, 11) is 0. The van der Waals surface area contributed by atoms with Gasteiger partial charge in [0.25, 0.3) is 0 Å². The van der Waals surface area contributed by atoms with Gasteiger partial charge in [-0.2, -0.15) is 0 Å². The van der Waals surface area contributed by atoms with E-state index in [2.05, 4.69) is 10.6 Å². The van der Waals surface area contributed by atoms with Crippen molar-refractivity contribution in [3.8, 4) is 11.5 Å². The normalized spacial score (nSPS) is 16.4. The van der Waals surface area contributed by atoms with E-state index in [-0.39, 0.29) is 41.3 Å². The van der Waals surface area contributed by atoms with Crippen LogP contribution in [0.15, 0.2) is 30.3 Å². The lowest BCUT2D eigenvalue weighted by Gasteiger charge is -2.23. The van der Waals surface area contributed by atoms with E-state index >= 15 is 0 Å². The van der Waals surface area contributed by atoms with Crippen LogP contribution in [-0.4, -0.2) is 48.6 Å². The van der Waals surface area contributed by atoms with E-state index < -0.39 is 5.97 Å². The number of phenols is 2. The van der Waals surface area contributed by atoms with Crippen LogP contribution in [0.25, 0.3) is 0 Å². The lowest BCUT2D eigenvalue weighted by Crippen LogP contribution is -2.39. The minimum atomic E-state index is -0.600. The third-order valence-corrected chi connectivity index (χ3v) is 4.99. The minimum absolute atomic E-state index is 0.0214. The Balaban J connectivity index is 1.54. The van der Waals surface area contributed by atoms with Crippen LogP contribution in [0.4, 0.5) is 5.69 Å². The first-order valence-corrected chi connectivity index (χ1v) is 9.93. The zero-order valence-electron chi connectivity index (χ0n) is 15.6. The zero-order valence-corrected chi connectivity index (χ0v) is 17.1. The summed E-state index contributed by atoms with van der Waals surface area (Å²) in [5, 5.41) is 27.0. The number of ether oxygens (including phenoxy) is 2. The maximum atomic E-state index is 12.2. The minimum Gasteiger partial charge on any atom is -0.507 e. The van der Waals surface area contributed by atoms with Gasteiger partial charge >= 0.3 is 5.97 Å². The number of esters is 1. The topological polar surface area (TPSA) is 100 Å². The fourth-order valence-electron chi connectivity index (χ4n) is 2.93. The van der Waals surface area contributed by atoms with Crippen molar-refractivity contribution in [3.05, 3.63) is 51.5 Å². The van der Waals surface area contributed by atoms with E-state index in [4.69, 9.17) is 32.7 Å². The molecular formula is C20H22Cl2N2O5. The molecule has 1 fully saturated rings. The van der Waals surface area contributed by atoms with Crippen molar-refractivity contribution >= 4 is 34.9 Å². The van der Waals surface area contributed by atoms with E-state index in [1.54, 1.807) is 12.1 Å².